The molecule has 0 spiro atoms. The predicted molar refractivity (Wildman–Crippen MR) is 66.4 cm³/mol. The van der Waals surface area contributed by atoms with Crippen LogP contribution in [0, 0.1) is 5.92 Å². The van der Waals surface area contributed by atoms with E-state index in [4.69, 9.17) is 4.74 Å². The van der Waals surface area contributed by atoms with Crippen molar-refractivity contribution in [2.24, 2.45) is 5.92 Å². The second-order valence-electron chi connectivity index (χ2n) is 5.01. The zero-order valence-electron chi connectivity index (χ0n) is 10.7. The first-order chi connectivity index (χ1) is 7.45. The molecule has 0 bridgehead atoms. The summed E-state index contributed by atoms with van der Waals surface area (Å²) in [6, 6.07) is 8.12. The molecule has 0 heterocycles. The molecule has 1 unspecified atom stereocenters. The molecule has 2 nitrogen and oxygen atoms in total. The van der Waals surface area contributed by atoms with Crippen molar-refractivity contribution in [1.82, 2.24) is 0 Å². The minimum Gasteiger partial charge on any atom is -0.383 e. The maximum atomic E-state index is 10.2. The third kappa shape index (κ3) is 3.62. The minimum atomic E-state index is -0.901. The molecule has 0 aliphatic heterocycles. The van der Waals surface area contributed by atoms with Gasteiger partial charge >= 0.3 is 0 Å². The van der Waals surface area contributed by atoms with E-state index < -0.39 is 5.60 Å². The average molecular weight is 222 g/mol. The Morgan fingerprint density at radius 1 is 1.38 bits per heavy atom. The zero-order valence-corrected chi connectivity index (χ0v) is 10.7. The summed E-state index contributed by atoms with van der Waals surface area (Å²) in [6.45, 7) is 6.49. The fourth-order valence-electron chi connectivity index (χ4n) is 1.87. The topological polar surface area (TPSA) is 29.5 Å². The molecular formula is C14H22O2. The zero-order chi connectivity index (χ0) is 12.2. The number of methoxy groups -OCH3 is 1. The van der Waals surface area contributed by atoms with Crippen molar-refractivity contribution in [1.29, 1.82) is 0 Å². The summed E-state index contributed by atoms with van der Waals surface area (Å²) < 4.78 is 5.03. The van der Waals surface area contributed by atoms with Crippen LogP contribution >= 0.6 is 0 Å². The Bertz CT molecular complexity index is 329. The van der Waals surface area contributed by atoms with E-state index >= 15 is 0 Å². The lowest BCUT2D eigenvalue weighted by Gasteiger charge is -2.23. The largest absolute Gasteiger partial charge is 0.383 e. The summed E-state index contributed by atoms with van der Waals surface area (Å²) in [5.41, 5.74) is 1.29. The molecule has 0 fully saturated rings. The minimum absolute atomic E-state index is 0.318. The van der Waals surface area contributed by atoms with Gasteiger partial charge in [0.2, 0.25) is 0 Å². The number of rotatable bonds is 5. The van der Waals surface area contributed by atoms with Gasteiger partial charge in [-0.2, -0.15) is 0 Å². The van der Waals surface area contributed by atoms with E-state index in [1.807, 2.05) is 12.1 Å². The van der Waals surface area contributed by atoms with Crippen LogP contribution in [0.5, 0.6) is 0 Å². The third-order valence-corrected chi connectivity index (χ3v) is 2.62. The van der Waals surface area contributed by atoms with Crippen molar-refractivity contribution in [2.45, 2.75) is 32.8 Å². The SMILES string of the molecule is COCC(C)(O)c1cccc(CC(C)C)c1. The molecule has 1 aromatic carbocycles. The molecular weight excluding hydrogens is 200 g/mol. The highest BCUT2D eigenvalue weighted by Crippen LogP contribution is 2.22. The fraction of sp³-hybridized carbons (Fsp3) is 0.571. The van der Waals surface area contributed by atoms with Gasteiger partial charge in [0.25, 0.3) is 0 Å². The van der Waals surface area contributed by atoms with Gasteiger partial charge in [-0.25, -0.2) is 0 Å². The van der Waals surface area contributed by atoms with Crippen molar-refractivity contribution in [3.8, 4) is 0 Å². The summed E-state index contributed by atoms with van der Waals surface area (Å²) in [5, 5.41) is 10.2. The predicted octanol–water partition coefficient (Wildman–Crippen LogP) is 2.74. The molecule has 90 valence electrons. The highest BCUT2D eigenvalue weighted by atomic mass is 16.5. The number of aliphatic hydroxyl groups is 1. The van der Waals surface area contributed by atoms with Crippen LogP contribution in [0.1, 0.15) is 31.9 Å². The van der Waals surface area contributed by atoms with Crippen LogP contribution in [0.2, 0.25) is 0 Å². The summed E-state index contributed by atoms with van der Waals surface area (Å²) >= 11 is 0. The van der Waals surface area contributed by atoms with Gasteiger partial charge in [-0.15, -0.1) is 0 Å². The first-order valence-corrected chi connectivity index (χ1v) is 5.76. The molecule has 0 amide bonds. The van der Waals surface area contributed by atoms with Crippen molar-refractivity contribution >= 4 is 0 Å². The van der Waals surface area contributed by atoms with E-state index in [0.29, 0.717) is 12.5 Å². The van der Waals surface area contributed by atoms with Crippen LogP contribution in [-0.2, 0) is 16.8 Å². The smallest absolute Gasteiger partial charge is 0.110 e. The van der Waals surface area contributed by atoms with Gasteiger partial charge in [0.15, 0.2) is 0 Å². The summed E-state index contributed by atoms with van der Waals surface area (Å²) in [7, 11) is 1.60. The molecule has 1 rings (SSSR count). The van der Waals surface area contributed by atoms with E-state index in [9.17, 15) is 5.11 Å². The first-order valence-electron chi connectivity index (χ1n) is 5.76. The third-order valence-electron chi connectivity index (χ3n) is 2.62. The van der Waals surface area contributed by atoms with Crippen LogP contribution in [0.4, 0.5) is 0 Å². The molecule has 0 aromatic heterocycles. The van der Waals surface area contributed by atoms with Crippen LogP contribution in [0.15, 0.2) is 24.3 Å². The molecule has 1 N–H and O–H groups in total. The molecule has 0 aliphatic carbocycles. The van der Waals surface area contributed by atoms with Gasteiger partial charge in [-0.05, 0) is 30.4 Å². The molecule has 0 saturated carbocycles. The molecule has 1 aromatic rings. The van der Waals surface area contributed by atoms with Crippen LogP contribution in [0.25, 0.3) is 0 Å². The Labute approximate surface area is 98.3 Å². The number of hydrogen-bond donors (Lipinski definition) is 1. The molecule has 1 atom stereocenters. The Hall–Kier alpha value is -0.860. The van der Waals surface area contributed by atoms with Crippen molar-refractivity contribution in [3.63, 3.8) is 0 Å². The van der Waals surface area contributed by atoms with Crippen molar-refractivity contribution < 1.29 is 9.84 Å². The van der Waals surface area contributed by atoms with E-state index in [2.05, 4.69) is 26.0 Å². The fourth-order valence-corrected chi connectivity index (χ4v) is 1.87. The van der Waals surface area contributed by atoms with E-state index in [1.165, 1.54) is 5.56 Å². The molecule has 0 radical (unpaired) electrons. The van der Waals surface area contributed by atoms with Crippen LogP contribution < -0.4 is 0 Å². The quantitative estimate of drug-likeness (QED) is 0.830. The molecule has 2 heteroatoms. The van der Waals surface area contributed by atoms with E-state index in [0.717, 1.165) is 12.0 Å². The molecule has 0 saturated heterocycles. The second-order valence-corrected chi connectivity index (χ2v) is 5.01. The highest BCUT2D eigenvalue weighted by molar-refractivity contribution is 5.28. The normalized spacial score (nSPS) is 15.1. The lowest BCUT2D eigenvalue weighted by molar-refractivity contribution is -0.0208. The van der Waals surface area contributed by atoms with E-state index in [-0.39, 0.29) is 0 Å². The number of benzene rings is 1. The maximum Gasteiger partial charge on any atom is 0.110 e. The van der Waals surface area contributed by atoms with Gasteiger partial charge in [0.05, 0.1) is 6.61 Å². The number of hydrogen-bond acceptors (Lipinski definition) is 2. The standard InChI is InChI=1S/C14H22O2/c1-11(2)8-12-6-5-7-13(9-12)14(3,15)10-16-4/h5-7,9,11,15H,8,10H2,1-4H3. The lowest BCUT2D eigenvalue weighted by Crippen LogP contribution is -2.27. The maximum absolute atomic E-state index is 10.2. The highest BCUT2D eigenvalue weighted by Gasteiger charge is 2.22. The Morgan fingerprint density at radius 2 is 2.06 bits per heavy atom. The van der Waals surface area contributed by atoms with E-state index in [1.54, 1.807) is 14.0 Å². The average Bonchev–Trinajstić information content (AvgIpc) is 2.17. The second kappa shape index (κ2) is 5.46. The van der Waals surface area contributed by atoms with Crippen molar-refractivity contribution in [3.05, 3.63) is 35.4 Å². The monoisotopic (exact) mass is 222 g/mol. The number of ether oxygens (including phenoxy) is 1. The summed E-state index contributed by atoms with van der Waals surface area (Å²) in [4.78, 5) is 0. The lowest BCUT2D eigenvalue weighted by atomic mass is 9.93. The Balaban J connectivity index is 2.89. The first kappa shape index (κ1) is 13.2. The van der Waals surface area contributed by atoms with Gasteiger partial charge in [0, 0.05) is 7.11 Å². The summed E-state index contributed by atoms with van der Waals surface area (Å²) in [6.07, 6.45) is 1.04. The van der Waals surface area contributed by atoms with Gasteiger partial charge in [-0.3, -0.25) is 0 Å². The Morgan fingerprint density at radius 3 is 2.62 bits per heavy atom. The van der Waals surface area contributed by atoms with Gasteiger partial charge < -0.3 is 9.84 Å². The van der Waals surface area contributed by atoms with Gasteiger partial charge in [-0.1, -0.05) is 38.1 Å². The van der Waals surface area contributed by atoms with Crippen molar-refractivity contribution in [2.75, 3.05) is 13.7 Å². The van der Waals surface area contributed by atoms with Gasteiger partial charge in [0.1, 0.15) is 5.60 Å². The van der Waals surface area contributed by atoms with Crippen LogP contribution in [-0.4, -0.2) is 18.8 Å². The molecule has 0 aliphatic rings. The molecule has 16 heavy (non-hydrogen) atoms. The van der Waals surface area contributed by atoms with Crippen LogP contribution in [0.3, 0.4) is 0 Å². The summed E-state index contributed by atoms with van der Waals surface area (Å²) in [5.74, 6) is 0.627. The Kier molecular flexibility index (Phi) is 4.51.